The van der Waals surface area contributed by atoms with Gasteiger partial charge in [0.25, 0.3) is 0 Å². The Morgan fingerprint density at radius 2 is 2.37 bits per heavy atom. The maximum Gasteiger partial charge on any atom is 0.327 e. The molecule has 0 aliphatic rings. The lowest BCUT2D eigenvalue weighted by atomic mass is 10.3. The molecule has 9 heteroatoms. The number of amidine groups is 1. The van der Waals surface area contributed by atoms with Crippen LogP contribution in [0.3, 0.4) is 0 Å². The number of nitrogens with one attached hydrogen (secondary N) is 2. The minimum Gasteiger partial charge on any atom is -0.362 e. The summed E-state index contributed by atoms with van der Waals surface area (Å²) >= 11 is 1.61. The number of hydrogen-bond donors (Lipinski definition) is 3. The first-order chi connectivity index (χ1) is 8.99. The van der Waals surface area contributed by atoms with Crippen LogP contribution in [0.5, 0.6) is 0 Å². The van der Waals surface area contributed by atoms with Crippen LogP contribution >= 0.6 is 11.8 Å². The molecule has 19 heavy (non-hydrogen) atoms. The summed E-state index contributed by atoms with van der Waals surface area (Å²) in [6.07, 6.45) is 2.57. The van der Waals surface area contributed by atoms with Crippen molar-refractivity contribution in [2.45, 2.75) is 19.1 Å². The van der Waals surface area contributed by atoms with Crippen LogP contribution in [0.25, 0.3) is 0 Å². The van der Waals surface area contributed by atoms with Gasteiger partial charge in [-0.25, -0.2) is 4.98 Å². The van der Waals surface area contributed by atoms with E-state index in [0.717, 1.165) is 23.6 Å². The largest absolute Gasteiger partial charge is 0.362 e. The second kappa shape index (κ2) is 7.51. The monoisotopic (exact) mass is 306 g/mol. The normalized spacial score (nSPS) is 12.7. The highest BCUT2D eigenvalue weighted by Gasteiger charge is 2.12. The lowest BCUT2D eigenvalue weighted by Crippen LogP contribution is -2.28. The summed E-state index contributed by atoms with van der Waals surface area (Å²) in [5, 5.41) is 1.95. The van der Waals surface area contributed by atoms with Crippen molar-refractivity contribution in [2.75, 3.05) is 19.3 Å². The molecule has 0 spiro atoms. The van der Waals surface area contributed by atoms with Gasteiger partial charge in [0.05, 0.1) is 18.6 Å². The van der Waals surface area contributed by atoms with Crippen LogP contribution < -0.4 is 5.32 Å². The van der Waals surface area contributed by atoms with Crippen molar-refractivity contribution in [1.29, 1.82) is 0 Å². The van der Waals surface area contributed by atoms with Gasteiger partial charge in [-0.15, -0.1) is 0 Å². The van der Waals surface area contributed by atoms with Crippen molar-refractivity contribution in [3.05, 3.63) is 17.7 Å². The molecule has 0 unspecified atom stereocenters. The van der Waals surface area contributed by atoms with Gasteiger partial charge >= 0.3 is 10.1 Å². The highest BCUT2D eigenvalue weighted by Crippen LogP contribution is 2.13. The van der Waals surface area contributed by atoms with Crippen molar-refractivity contribution in [3.63, 3.8) is 0 Å². The predicted molar refractivity (Wildman–Crippen MR) is 77.0 cm³/mol. The van der Waals surface area contributed by atoms with Crippen LogP contribution in [0.15, 0.2) is 11.3 Å². The second-order valence-electron chi connectivity index (χ2n) is 3.65. The predicted octanol–water partition coefficient (Wildman–Crippen LogP) is 0.669. The third kappa shape index (κ3) is 5.21. The Kier molecular flexibility index (Phi) is 6.32. The van der Waals surface area contributed by atoms with Gasteiger partial charge < -0.3 is 10.3 Å². The molecule has 1 heterocycles. The SMILES string of the molecule is CCc1[nH]cnc1CSCC/N=C(\NC)S(=O)(=O)O. The Labute approximate surface area is 117 Å². The average Bonchev–Trinajstić information content (AvgIpc) is 2.79. The van der Waals surface area contributed by atoms with E-state index in [0.29, 0.717) is 12.3 Å². The zero-order valence-corrected chi connectivity index (χ0v) is 12.5. The van der Waals surface area contributed by atoms with Crippen molar-refractivity contribution in [3.8, 4) is 0 Å². The fourth-order valence-corrected chi connectivity index (χ4v) is 2.77. The van der Waals surface area contributed by atoms with E-state index in [4.69, 9.17) is 4.55 Å². The molecule has 3 N–H and O–H groups in total. The first-order valence-electron chi connectivity index (χ1n) is 5.77. The number of aliphatic imine (C=N–C) groups is 1. The van der Waals surface area contributed by atoms with Crippen LogP contribution in [0.1, 0.15) is 18.3 Å². The number of thioether (sulfide) groups is 1. The van der Waals surface area contributed by atoms with E-state index in [1.54, 1.807) is 18.1 Å². The van der Waals surface area contributed by atoms with E-state index in [-0.39, 0.29) is 0 Å². The van der Waals surface area contributed by atoms with Gasteiger partial charge in [0.2, 0.25) is 5.17 Å². The highest BCUT2D eigenvalue weighted by molar-refractivity contribution is 8.01. The minimum atomic E-state index is -4.24. The third-order valence-electron chi connectivity index (χ3n) is 2.35. The summed E-state index contributed by atoms with van der Waals surface area (Å²) in [6.45, 7) is 2.36. The fraction of sp³-hybridized carbons (Fsp3) is 0.600. The molecule has 0 aliphatic heterocycles. The van der Waals surface area contributed by atoms with Crippen molar-refractivity contribution >= 4 is 27.0 Å². The lowest BCUT2D eigenvalue weighted by Gasteiger charge is -2.02. The quantitative estimate of drug-likeness (QED) is 0.308. The van der Waals surface area contributed by atoms with Gasteiger partial charge in [0, 0.05) is 24.2 Å². The Hall–Kier alpha value is -1.06. The van der Waals surface area contributed by atoms with Gasteiger partial charge in [-0.3, -0.25) is 9.55 Å². The first kappa shape index (κ1) is 16.0. The number of aromatic nitrogens is 2. The molecular weight excluding hydrogens is 288 g/mol. The van der Waals surface area contributed by atoms with Gasteiger partial charge in [-0.2, -0.15) is 20.2 Å². The number of hydrogen-bond acceptors (Lipinski definition) is 5. The number of imidazole rings is 1. The molecular formula is C10H18N4O3S2. The molecule has 0 radical (unpaired) electrons. The molecule has 0 saturated heterocycles. The van der Waals surface area contributed by atoms with Crippen LogP contribution in [0.2, 0.25) is 0 Å². The van der Waals surface area contributed by atoms with Crippen molar-refractivity contribution < 1.29 is 13.0 Å². The van der Waals surface area contributed by atoms with Gasteiger partial charge in [-0.1, -0.05) is 6.92 Å². The molecule has 7 nitrogen and oxygen atoms in total. The molecule has 0 saturated carbocycles. The van der Waals surface area contributed by atoms with Crippen molar-refractivity contribution in [2.24, 2.45) is 4.99 Å². The van der Waals surface area contributed by atoms with E-state index in [1.165, 1.54) is 7.05 Å². The second-order valence-corrected chi connectivity index (χ2v) is 6.09. The molecule has 0 amide bonds. The zero-order chi connectivity index (χ0) is 14.3. The van der Waals surface area contributed by atoms with Crippen LogP contribution in [0, 0.1) is 0 Å². The molecule has 0 fully saturated rings. The molecule has 0 bridgehead atoms. The molecule has 1 rings (SSSR count). The van der Waals surface area contributed by atoms with E-state index < -0.39 is 15.3 Å². The summed E-state index contributed by atoms with van der Waals surface area (Å²) in [4.78, 5) is 11.1. The standard InChI is InChI=1S/C10H18N4O3S2/c1-3-8-9(14-7-13-8)6-18-5-4-12-10(11-2)19(15,16)17/h7H,3-6H2,1-2H3,(H,11,12)(H,13,14)(H,15,16,17). The summed E-state index contributed by atoms with van der Waals surface area (Å²) in [6, 6.07) is 0. The number of H-pyrrole nitrogens is 1. The summed E-state index contributed by atoms with van der Waals surface area (Å²) in [5.74, 6) is 1.40. The van der Waals surface area contributed by atoms with E-state index in [9.17, 15) is 8.42 Å². The number of rotatable bonds is 6. The fourth-order valence-electron chi connectivity index (χ4n) is 1.45. The van der Waals surface area contributed by atoms with E-state index >= 15 is 0 Å². The van der Waals surface area contributed by atoms with Gasteiger partial charge in [0.1, 0.15) is 0 Å². The lowest BCUT2D eigenvalue weighted by molar-refractivity contribution is 0.496. The van der Waals surface area contributed by atoms with E-state index in [1.807, 2.05) is 0 Å². The molecule has 108 valence electrons. The van der Waals surface area contributed by atoms with Crippen molar-refractivity contribution in [1.82, 2.24) is 15.3 Å². The molecule has 0 aromatic carbocycles. The minimum absolute atomic E-state index is 0.312. The third-order valence-corrected chi connectivity index (χ3v) is 4.12. The first-order valence-corrected chi connectivity index (χ1v) is 8.37. The summed E-state index contributed by atoms with van der Waals surface area (Å²) < 4.78 is 30.5. The summed E-state index contributed by atoms with van der Waals surface area (Å²) in [5.41, 5.74) is 2.13. The number of aromatic amines is 1. The van der Waals surface area contributed by atoms with Gasteiger partial charge in [0.15, 0.2) is 0 Å². The number of nitrogens with zero attached hydrogens (tertiary/aromatic N) is 2. The highest BCUT2D eigenvalue weighted by atomic mass is 32.2. The molecule has 0 atom stereocenters. The van der Waals surface area contributed by atoms with Crippen LogP contribution in [-0.2, 0) is 22.3 Å². The topological polar surface area (TPSA) is 107 Å². The Bertz CT molecular complexity index is 525. The molecule has 1 aromatic rings. The molecule has 0 aliphatic carbocycles. The maximum absolute atomic E-state index is 10.8. The van der Waals surface area contributed by atoms with E-state index in [2.05, 4.69) is 27.2 Å². The number of aryl methyl sites for hydroxylation is 1. The molecule has 1 aromatic heterocycles. The average molecular weight is 306 g/mol. The van der Waals surface area contributed by atoms with Gasteiger partial charge in [-0.05, 0) is 6.42 Å². The maximum atomic E-state index is 10.8. The van der Waals surface area contributed by atoms with Crippen LogP contribution in [0.4, 0.5) is 0 Å². The smallest absolute Gasteiger partial charge is 0.327 e. The Morgan fingerprint density at radius 1 is 1.63 bits per heavy atom. The Balaban J connectivity index is 2.37. The Morgan fingerprint density at radius 3 is 2.95 bits per heavy atom. The van der Waals surface area contributed by atoms with Crippen LogP contribution in [-0.4, -0.2) is 47.5 Å². The summed E-state index contributed by atoms with van der Waals surface area (Å²) in [7, 11) is -2.84. The zero-order valence-electron chi connectivity index (χ0n) is 10.9.